The minimum absolute atomic E-state index is 0.101. The molecule has 0 bridgehead atoms. The molecule has 8 nitrogen and oxygen atoms in total. The minimum Gasteiger partial charge on any atom is -0.495 e. The van der Waals surface area contributed by atoms with Crippen LogP contribution < -0.4 is 14.4 Å². The zero-order chi connectivity index (χ0) is 29.4. The van der Waals surface area contributed by atoms with Crippen LogP contribution in [0.15, 0.2) is 77.3 Å². The Morgan fingerprint density at radius 1 is 0.975 bits per heavy atom. The van der Waals surface area contributed by atoms with Gasteiger partial charge < -0.3 is 15.0 Å². The monoisotopic (exact) mass is 629 g/mol. The van der Waals surface area contributed by atoms with Crippen LogP contribution in [0.3, 0.4) is 0 Å². The van der Waals surface area contributed by atoms with Crippen molar-refractivity contribution < 1.29 is 22.7 Å². The number of aryl methyl sites for hydroxylation is 1. The van der Waals surface area contributed by atoms with Crippen molar-refractivity contribution in [3.8, 4) is 5.75 Å². The number of methoxy groups -OCH3 is 1. The summed E-state index contributed by atoms with van der Waals surface area (Å²) in [4.78, 5) is 29.2. The van der Waals surface area contributed by atoms with E-state index >= 15 is 0 Å². The fraction of sp³-hybridized carbons (Fsp3) is 0.333. The van der Waals surface area contributed by atoms with Crippen LogP contribution in [0.2, 0.25) is 0 Å². The standard InChI is InChI=1S/C30H36BrN3O5S/c1-21(2)32-30(36)27(18-23-10-7-6-8-11-23)33(19-24-12-9-13-25(31)17-24)29(35)20-34(40(5,37)38)26-16-22(3)14-15-28(26)39-4/h6-17,21,27H,18-20H2,1-5H3,(H,32,36). The lowest BCUT2D eigenvalue weighted by Crippen LogP contribution is -2.54. The highest BCUT2D eigenvalue weighted by Crippen LogP contribution is 2.31. The summed E-state index contributed by atoms with van der Waals surface area (Å²) in [6, 6.07) is 21.0. The third-order valence-corrected chi connectivity index (χ3v) is 7.85. The molecule has 2 amide bonds. The number of benzene rings is 3. The molecule has 0 radical (unpaired) electrons. The highest BCUT2D eigenvalue weighted by atomic mass is 79.9. The fourth-order valence-corrected chi connectivity index (χ4v) is 5.65. The van der Waals surface area contributed by atoms with Gasteiger partial charge in [-0.25, -0.2) is 8.42 Å². The van der Waals surface area contributed by atoms with E-state index in [0.29, 0.717) is 5.75 Å². The molecule has 214 valence electrons. The van der Waals surface area contributed by atoms with Gasteiger partial charge in [0.25, 0.3) is 0 Å². The van der Waals surface area contributed by atoms with E-state index in [-0.39, 0.29) is 30.6 Å². The molecule has 0 aromatic heterocycles. The topological polar surface area (TPSA) is 96.0 Å². The maximum absolute atomic E-state index is 14.2. The van der Waals surface area contributed by atoms with E-state index in [4.69, 9.17) is 4.74 Å². The van der Waals surface area contributed by atoms with Crippen LogP contribution in [0.5, 0.6) is 5.75 Å². The number of nitrogens with one attached hydrogen (secondary N) is 1. The van der Waals surface area contributed by atoms with Crippen molar-refractivity contribution in [2.24, 2.45) is 0 Å². The van der Waals surface area contributed by atoms with Crippen LogP contribution >= 0.6 is 15.9 Å². The van der Waals surface area contributed by atoms with E-state index in [1.165, 1.54) is 12.0 Å². The molecule has 0 spiro atoms. The molecule has 3 rings (SSSR count). The molecule has 0 fully saturated rings. The zero-order valence-corrected chi connectivity index (χ0v) is 25.8. The molecule has 0 aliphatic rings. The summed E-state index contributed by atoms with van der Waals surface area (Å²) in [6.07, 6.45) is 1.30. The van der Waals surface area contributed by atoms with Gasteiger partial charge in [0.2, 0.25) is 21.8 Å². The van der Waals surface area contributed by atoms with Gasteiger partial charge in [-0.05, 0) is 61.7 Å². The van der Waals surface area contributed by atoms with Gasteiger partial charge in [-0.1, -0.05) is 64.5 Å². The van der Waals surface area contributed by atoms with Crippen LogP contribution in [0, 0.1) is 6.92 Å². The molecule has 0 aliphatic carbocycles. The van der Waals surface area contributed by atoms with Gasteiger partial charge in [0.05, 0.1) is 19.1 Å². The molecular formula is C30H36BrN3O5S. The van der Waals surface area contributed by atoms with E-state index in [1.807, 2.05) is 75.4 Å². The van der Waals surface area contributed by atoms with Crippen molar-refractivity contribution >= 4 is 43.5 Å². The van der Waals surface area contributed by atoms with Crippen molar-refractivity contribution in [3.05, 3.63) is 94.0 Å². The number of rotatable bonds is 12. The summed E-state index contributed by atoms with van der Waals surface area (Å²) in [7, 11) is -2.45. The maximum Gasteiger partial charge on any atom is 0.244 e. The Kier molecular flexibility index (Phi) is 10.8. The predicted octanol–water partition coefficient (Wildman–Crippen LogP) is 4.70. The maximum atomic E-state index is 14.2. The fourth-order valence-electron chi connectivity index (χ4n) is 4.36. The Hall–Kier alpha value is -3.37. The van der Waals surface area contributed by atoms with Crippen molar-refractivity contribution in [1.82, 2.24) is 10.2 Å². The summed E-state index contributed by atoms with van der Waals surface area (Å²) in [6.45, 7) is 5.13. The molecule has 10 heteroatoms. The van der Waals surface area contributed by atoms with E-state index in [0.717, 1.165) is 31.7 Å². The second kappa shape index (κ2) is 13.8. The van der Waals surface area contributed by atoms with Crippen LogP contribution in [-0.2, 0) is 32.6 Å². The number of carbonyl (C=O) groups excluding carboxylic acids is 2. The third kappa shape index (κ3) is 8.56. The summed E-state index contributed by atoms with van der Waals surface area (Å²) in [5, 5.41) is 2.94. The Balaban J connectivity index is 2.10. The number of halogens is 1. The summed E-state index contributed by atoms with van der Waals surface area (Å²) in [5.74, 6) is -0.518. The zero-order valence-electron chi connectivity index (χ0n) is 23.4. The first-order chi connectivity index (χ1) is 18.9. The first kappa shape index (κ1) is 31.2. The molecule has 1 atom stereocenters. The Labute approximate surface area is 245 Å². The SMILES string of the molecule is COc1ccc(C)cc1N(CC(=O)N(Cc1cccc(Br)c1)C(Cc1ccccc1)C(=O)NC(C)C)S(C)(=O)=O. The molecule has 0 saturated heterocycles. The number of carbonyl (C=O) groups is 2. The van der Waals surface area contributed by atoms with Crippen molar-refractivity contribution in [3.63, 3.8) is 0 Å². The quantitative estimate of drug-likeness (QED) is 0.313. The lowest BCUT2D eigenvalue weighted by atomic mass is 10.0. The highest BCUT2D eigenvalue weighted by Gasteiger charge is 2.34. The normalized spacial score (nSPS) is 12.1. The summed E-state index contributed by atoms with van der Waals surface area (Å²) < 4.78 is 33.4. The van der Waals surface area contributed by atoms with Gasteiger partial charge in [0, 0.05) is 23.5 Å². The molecule has 1 unspecified atom stereocenters. The first-order valence-electron chi connectivity index (χ1n) is 12.9. The number of hydrogen-bond acceptors (Lipinski definition) is 5. The van der Waals surface area contributed by atoms with Gasteiger partial charge in [-0.3, -0.25) is 13.9 Å². The molecule has 3 aromatic carbocycles. The largest absolute Gasteiger partial charge is 0.495 e. The third-order valence-electron chi connectivity index (χ3n) is 6.23. The van der Waals surface area contributed by atoms with Gasteiger partial charge in [-0.2, -0.15) is 0 Å². The van der Waals surface area contributed by atoms with Gasteiger partial charge in [0.15, 0.2) is 0 Å². The molecular weight excluding hydrogens is 594 g/mol. The average Bonchev–Trinajstić information content (AvgIpc) is 2.88. The summed E-state index contributed by atoms with van der Waals surface area (Å²) in [5.41, 5.74) is 2.73. The lowest BCUT2D eigenvalue weighted by Gasteiger charge is -2.34. The van der Waals surface area contributed by atoms with Gasteiger partial charge in [0.1, 0.15) is 18.3 Å². The van der Waals surface area contributed by atoms with E-state index in [9.17, 15) is 18.0 Å². The minimum atomic E-state index is -3.90. The average molecular weight is 631 g/mol. The Morgan fingerprint density at radius 3 is 2.25 bits per heavy atom. The number of sulfonamides is 1. The number of anilines is 1. The van der Waals surface area contributed by atoms with E-state index in [1.54, 1.807) is 18.2 Å². The van der Waals surface area contributed by atoms with Crippen molar-refractivity contribution in [2.45, 2.75) is 45.8 Å². The van der Waals surface area contributed by atoms with Crippen LogP contribution in [0.1, 0.15) is 30.5 Å². The lowest BCUT2D eigenvalue weighted by molar-refractivity contribution is -0.140. The smallest absolute Gasteiger partial charge is 0.244 e. The van der Waals surface area contributed by atoms with E-state index < -0.39 is 28.5 Å². The number of hydrogen-bond donors (Lipinski definition) is 1. The van der Waals surface area contributed by atoms with Gasteiger partial charge in [-0.15, -0.1) is 0 Å². The second-order valence-electron chi connectivity index (χ2n) is 9.97. The van der Waals surface area contributed by atoms with Gasteiger partial charge >= 0.3 is 0 Å². The van der Waals surface area contributed by atoms with Crippen molar-refractivity contribution in [1.29, 1.82) is 0 Å². The summed E-state index contributed by atoms with van der Waals surface area (Å²) >= 11 is 3.48. The number of nitrogens with zero attached hydrogens (tertiary/aromatic N) is 2. The molecule has 3 aromatic rings. The highest BCUT2D eigenvalue weighted by molar-refractivity contribution is 9.10. The number of ether oxygens (including phenoxy) is 1. The van der Waals surface area contributed by atoms with Crippen LogP contribution in [0.25, 0.3) is 0 Å². The van der Waals surface area contributed by atoms with E-state index in [2.05, 4.69) is 21.2 Å². The van der Waals surface area contributed by atoms with Crippen LogP contribution in [-0.4, -0.2) is 57.1 Å². The molecule has 0 heterocycles. The Bertz CT molecular complexity index is 1430. The molecule has 40 heavy (non-hydrogen) atoms. The molecule has 0 saturated carbocycles. The first-order valence-corrected chi connectivity index (χ1v) is 15.5. The van der Waals surface area contributed by atoms with Crippen LogP contribution in [0.4, 0.5) is 5.69 Å². The number of amides is 2. The second-order valence-corrected chi connectivity index (χ2v) is 12.8. The predicted molar refractivity (Wildman–Crippen MR) is 162 cm³/mol. The van der Waals surface area contributed by atoms with Crippen molar-refractivity contribution in [2.75, 3.05) is 24.2 Å². The Morgan fingerprint density at radius 2 is 1.65 bits per heavy atom. The molecule has 1 N–H and O–H groups in total. The molecule has 0 aliphatic heterocycles.